The monoisotopic (exact) mass is 490 g/mol. The first-order chi connectivity index (χ1) is 16.3. The number of ether oxygens (including phenoxy) is 1. The Kier molecular flexibility index (Phi) is 9.46. The van der Waals surface area contributed by atoms with Crippen molar-refractivity contribution in [2.75, 3.05) is 23.7 Å². The summed E-state index contributed by atoms with van der Waals surface area (Å²) in [6.07, 6.45) is 10.1. The van der Waals surface area contributed by atoms with Gasteiger partial charge in [-0.3, -0.25) is 0 Å². The highest BCUT2D eigenvalue weighted by atomic mass is 32.2. The lowest BCUT2D eigenvalue weighted by molar-refractivity contribution is 0.101. The van der Waals surface area contributed by atoms with Crippen molar-refractivity contribution >= 4 is 33.4 Å². The minimum absolute atomic E-state index is 0.0482. The molecule has 11 heteroatoms. The highest BCUT2D eigenvalue weighted by Crippen LogP contribution is 2.26. The van der Waals surface area contributed by atoms with Gasteiger partial charge in [0.2, 0.25) is 16.0 Å². The van der Waals surface area contributed by atoms with E-state index in [1.54, 1.807) is 24.5 Å². The number of amides is 1. The largest absolute Gasteiger partial charge is 0.447 e. The number of primary sulfonamides is 1. The van der Waals surface area contributed by atoms with Gasteiger partial charge < -0.3 is 20.7 Å². The molecule has 5 N–H and O–H groups in total. The normalized spacial score (nSPS) is 19.2. The van der Waals surface area contributed by atoms with E-state index in [-0.39, 0.29) is 17.1 Å². The van der Waals surface area contributed by atoms with E-state index in [1.807, 2.05) is 6.92 Å². The van der Waals surface area contributed by atoms with Gasteiger partial charge in [0, 0.05) is 31.2 Å². The Labute approximate surface area is 201 Å². The zero-order valence-corrected chi connectivity index (χ0v) is 20.4. The van der Waals surface area contributed by atoms with Crippen LogP contribution in [0, 0.1) is 0 Å². The van der Waals surface area contributed by atoms with Crippen LogP contribution in [-0.4, -0.2) is 43.7 Å². The molecule has 1 aromatic heterocycles. The summed E-state index contributed by atoms with van der Waals surface area (Å²) in [4.78, 5) is 20.7. The van der Waals surface area contributed by atoms with Crippen molar-refractivity contribution in [3.63, 3.8) is 0 Å². The Bertz CT molecular complexity index is 1050. The molecule has 4 rings (SSSR count). The summed E-state index contributed by atoms with van der Waals surface area (Å²) in [5, 5.41) is 14.5. The summed E-state index contributed by atoms with van der Waals surface area (Å²) in [5.41, 5.74) is 2.08. The third kappa shape index (κ3) is 8.45. The second kappa shape index (κ2) is 12.5. The minimum atomic E-state index is -3.87. The van der Waals surface area contributed by atoms with Crippen LogP contribution in [0.4, 0.5) is 22.1 Å². The van der Waals surface area contributed by atoms with Crippen LogP contribution in [0.25, 0.3) is 0 Å². The number of aromatic nitrogens is 2. The third-order valence-electron chi connectivity index (χ3n) is 5.57. The van der Waals surface area contributed by atoms with Crippen LogP contribution in [0.15, 0.2) is 35.5 Å². The number of rotatable bonds is 1. The maximum Gasteiger partial charge on any atom is 0.407 e. The molecule has 0 spiro atoms. The predicted molar refractivity (Wildman–Crippen MR) is 132 cm³/mol. The van der Waals surface area contributed by atoms with Gasteiger partial charge in [-0.25, -0.2) is 28.3 Å². The number of benzene rings is 1. The quantitative estimate of drug-likeness (QED) is 0.473. The lowest BCUT2D eigenvalue weighted by atomic mass is 10.1. The van der Waals surface area contributed by atoms with Crippen molar-refractivity contribution in [3.8, 4) is 0 Å². The molecular weight excluding hydrogens is 456 g/mol. The van der Waals surface area contributed by atoms with Gasteiger partial charge in [0.1, 0.15) is 11.0 Å². The summed E-state index contributed by atoms with van der Waals surface area (Å²) < 4.78 is 29.4. The Morgan fingerprint density at radius 2 is 1.68 bits per heavy atom. The van der Waals surface area contributed by atoms with Crippen LogP contribution in [0.2, 0.25) is 0 Å². The first-order valence-corrected chi connectivity index (χ1v) is 13.3. The summed E-state index contributed by atoms with van der Waals surface area (Å²) >= 11 is 0. The fourth-order valence-electron chi connectivity index (χ4n) is 3.74. The van der Waals surface area contributed by atoms with Crippen LogP contribution in [-0.2, 0) is 21.2 Å². The first-order valence-electron chi connectivity index (χ1n) is 11.7. The van der Waals surface area contributed by atoms with Crippen LogP contribution >= 0.6 is 0 Å². The SMILES string of the molecule is C[C@@H]1CCCc2cnc(nc2)Nc2ccc(S(N)(=O)=O)c(c2)NCCCCCCCNC(=O)O1. The third-order valence-corrected chi connectivity index (χ3v) is 6.54. The number of sulfonamides is 1. The maximum atomic E-state index is 12.0. The lowest BCUT2D eigenvalue weighted by Crippen LogP contribution is -2.28. The molecule has 1 aromatic carbocycles. The Balaban J connectivity index is 1.72. The van der Waals surface area contributed by atoms with Gasteiger partial charge in [-0.2, -0.15) is 0 Å². The molecule has 2 aliphatic heterocycles. The molecule has 0 fully saturated rings. The van der Waals surface area contributed by atoms with Crippen molar-refractivity contribution in [3.05, 3.63) is 36.2 Å². The van der Waals surface area contributed by atoms with E-state index >= 15 is 0 Å². The van der Waals surface area contributed by atoms with Crippen LogP contribution in [0.5, 0.6) is 0 Å². The lowest BCUT2D eigenvalue weighted by Gasteiger charge is -2.14. The van der Waals surface area contributed by atoms with E-state index in [9.17, 15) is 13.2 Å². The van der Waals surface area contributed by atoms with Gasteiger partial charge in [0.15, 0.2) is 0 Å². The number of carbonyl (C=O) groups is 1. The number of hydrogen-bond donors (Lipinski definition) is 4. The molecule has 1 atom stereocenters. The number of nitrogens with two attached hydrogens (primary N) is 1. The maximum absolute atomic E-state index is 12.0. The number of nitrogens with one attached hydrogen (secondary N) is 3. The number of fused-ring (bicyclic) bond motifs is 16. The van der Waals surface area contributed by atoms with E-state index in [2.05, 4.69) is 25.9 Å². The van der Waals surface area contributed by atoms with Crippen LogP contribution < -0.4 is 21.1 Å². The van der Waals surface area contributed by atoms with Gasteiger partial charge in [0.05, 0.1) is 5.69 Å². The van der Waals surface area contributed by atoms with E-state index in [1.165, 1.54) is 6.07 Å². The van der Waals surface area contributed by atoms with Crippen molar-refractivity contribution in [2.45, 2.75) is 69.3 Å². The van der Waals surface area contributed by atoms with Gasteiger partial charge in [-0.1, -0.05) is 19.3 Å². The minimum Gasteiger partial charge on any atom is -0.447 e. The fourth-order valence-corrected chi connectivity index (χ4v) is 4.44. The second-order valence-electron chi connectivity index (χ2n) is 8.53. The number of hydrogen-bond acceptors (Lipinski definition) is 8. The number of anilines is 3. The highest BCUT2D eigenvalue weighted by Gasteiger charge is 2.15. The van der Waals surface area contributed by atoms with Crippen molar-refractivity contribution in [1.29, 1.82) is 0 Å². The number of alkyl carbamates (subject to hydrolysis) is 1. The molecule has 0 saturated heterocycles. The zero-order chi connectivity index (χ0) is 24.4. The summed E-state index contributed by atoms with van der Waals surface area (Å²) in [5.74, 6) is 0.407. The molecule has 34 heavy (non-hydrogen) atoms. The van der Waals surface area contributed by atoms with E-state index in [4.69, 9.17) is 9.88 Å². The molecule has 1 amide bonds. The Hall–Kier alpha value is -2.92. The van der Waals surface area contributed by atoms with Gasteiger partial charge in [-0.05, 0) is 62.8 Å². The van der Waals surface area contributed by atoms with E-state index in [0.29, 0.717) is 30.4 Å². The topological polar surface area (TPSA) is 148 Å². The second-order valence-corrected chi connectivity index (χ2v) is 10.1. The predicted octanol–water partition coefficient (Wildman–Crippen LogP) is 3.68. The van der Waals surface area contributed by atoms with Gasteiger partial charge in [0.25, 0.3) is 0 Å². The summed E-state index contributed by atoms with van der Waals surface area (Å²) in [6.45, 7) is 3.10. The van der Waals surface area contributed by atoms with Crippen molar-refractivity contribution < 1.29 is 17.9 Å². The molecule has 0 saturated carbocycles. The number of carbonyl (C=O) groups excluding carboxylic acids is 1. The van der Waals surface area contributed by atoms with Crippen LogP contribution in [0.1, 0.15) is 57.4 Å². The average Bonchev–Trinajstić information content (AvgIpc) is 2.78. The molecule has 3 heterocycles. The van der Waals surface area contributed by atoms with E-state index in [0.717, 1.165) is 56.9 Å². The van der Waals surface area contributed by atoms with E-state index < -0.39 is 10.0 Å². The summed E-state index contributed by atoms with van der Waals surface area (Å²) in [6, 6.07) is 4.82. The van der Waals surface area contributed by atoms with Crippen molar-refractivity contribution in [1.82, 2.24) is 15.3 Å². The molecule has 2 aliphatic rings. The highest BCUT2D eigenvalue weighted by molar-refractivity contribution is 7.89. The van der Waals surface area contributed by atoms with Crippen molar-refractivity contribution in [2.24, 2.45) is 5.14 Å². The zero-order valence-electron chi connectivity index (χ0n) is 19.5. The molecule has 4 bridgehead atoms. The average molecular weight is 491 g/mol. The van der Waals surface area contributed by atoms with Gasteiger partial charge in [-0.15, -0.1) is 0 Å². The standard InChI is InChI=1S/C23H34N6O4S/c1-17-8-7-9-18-15-27-22(28-16-18)29-19-10-11-21(34(24,31)32)20(14-19)25-12-5-3-2-4-6-13-26-23(30)33-17/h10-11,14-17,25H,2-9,12-13H2,1H3,(H,26,30)(H2,24,31,32)(H,27,28,29)/t17-/m1/s1. The number of aryl methyl sites for hydroxylation is 1. The molecule has 2 aromatic rings. The molecule has 0 unspecified atom stereocenters. The smallest absolute Gasteiger partial charge is 0.407 e. The number of nitrogens with zero attached hydrogens (tertiary/aromatic N) is 2. The Morgan fingerprint density at radius 3 is 2.38 bits per heavy atom. The fraction of sp³-hybridized carbons (Fsp3) is 0.522. The molecule has 186 valence electrons. The summed E-state index contributed by atoms with van der Waals surface area (Å²) in [7, 11) is -3.87. The molecule has 0 aliphatic carbocycles. The first kappa shape index (κ1) is 25.7. The Morgan fingerprint density at radius 1 is 1.00 bits per heavy atom. The molecule has 0 radical (unpaired) electrons. The van der Waals surface area contributed by atoms with Gasteiger partial charge >= 0.3 is 6.09 Å². The molecular formula is C23H34N6O4S. The van der Waals surface area contributed by atoms with Crippen LogP contribution in [0.3, 0.4) is 0 Å². The molecule has 10 nitrogen and oxygen atoms in total.